The van der Waals surface area contributed by atoms with E-state index in [9.17, 15) is 4.57 Å². The van der Waals surface area contributed by atoms with Crippen LogP contribution in [0.25, 0.3) is 0 Å². The van der Waals surface area contributed by atoms with Crippen LogP contribution >= 0.6 is 7.60 Å². The van der Waals surface area contributed by atoms with E-state index in [1.54, 1.807) is 0 Å². The van der Waals surface area contributed by atoms with E-state index in [0.717, 1.165) is 58.2 Å². The topological polar surface area (TPSA) is 76.0 Å². The Labute approximate surface area is 186 Å². The molecular weight excluding hydrogens is 399 g/mol. The number of hydrogen-bond donors (Lipinski definition) is 2. The molecule has 1 atom stereocenters. The van der Waals surface area contributed by atoms with Gasteiger partial charge in [-0.2, -0.15) is 0 Å². The van der Waals surface area contributed by atoms with Gasteiger partial charge in [-0.25, -0.2) is 0 Å². The van der Waals surface area contributed by atoms with Crippen LogP contribution in [0.1, 0.15) is 111 Å². The first-order chi connectivity index (χ1) is 14.0. The van der Waals surface area contributed by atoms with E-state index >= 15 is 0 Å². The van der Waals surface area contributed by atoms with Crippen molar-refractivity contribution in [3.8, 4) is 0 Å². The first-order valence-electron chi connectivity index (χ1n) is 12.1. The van der Waals surface area contributed by atoms with Gasteiger partial charge in [-0.05, 0) is 62.2 Å². The molecule has 0 saturated heterocycles. The largest absolute Gasteiger partial charge is 0.396 e. The van der Waals surface area contributed by atoms with E-state index in [0.29, 0.717) is 24.0 Å². The van der Waals surface area contributed by atoms with E-state index in [1.165, 1.54) is 45.2 Å². The highest BCUT2D eigenvalue weighted by Crippen LogP contribution is 2.37. The lowest BCUT2D eigenvalue weighted by molar-refractivity contribution is 0.119. The van der Waals surface area contributed by atoms with E-state index in [4.69, 9.17) is 19.3 Å². The van der Waals surface area contributed by atoms with Crippen molar-refractivity contribution in [2.45, 2.75) is 111 Å². The third-order valence-electron chi connectivity index (χ3n) is 5.87. The Morgan fingerprint density at radius 1 is 0.667 bits per heavy atom. The van der Waals surface area contributed by atoms with Crippen LogP contribution in [0.4, 0.5) is 0 Å². The zero-order valence-corrected chi connectivity index (χ0v) is 21.5. The highest BCUT2D eigenvalue weighted by atomic mass is 31.2. The number of unbranched alkanes of at least 4 members (excludes halogenated alkanes) is 5. The molecule has 0 aromatic heterocycles. The van der Waals surface area contributed by atoms with Gasteiger partial charge >= 0.3 is 7.60 Å². The first kappa shape index (κ1) is 30.1. The molecule has 0 aromatic rings. The van der Waals surface area contributed by atoms with Crippen LogP contribution in [0, 0.1) is 10.8 Å². The van der Waals surface area contributed by atoms with Gasteiger partial charge in [0.15, 0.2) is 0 Å². The van der Waals surface area contributed by atoms with Crippen LogP contribution in [0.5, 0.6) is 0 Å². The van der Waals surface area contributed by atoms with Crippen molar-refractivity contribution in [2.24, 2.45) is 10.8 Å². The fraction of sp³-hybridized carbons (Fsp3) is 1.00. The smallest absolute Gasteiger partial charge is 0.325 e. The SMILES string of the molecule is CC(C)(CCCCCO)CCCCOCCCCC(C)(C)CCCCOP(C)(=O)O. The monoisotopic (exact) mass is 450 g/mol. The number of aliphatic hydroxyl groups excluding tert-OH is 1. The van der Waals surface area contributed by atoms with Gasteiger partial charge in [0.1, 0.15) is 0 Å². The molecule has 0 aliphatic carbocycles. The molecule has 0 aliphatic rings. The van der Waals surface area contributed by atoms with Gasteiger partial charge < -0.3 is 19.3 Å². The Hall–Kier alpha value is 0.0700. The van der Waals surface area contributed by atoms with Crippen molar-refractivity contribution >= 4 is 7.60 Å². The lowest BCUT2D eigenvalue weighted by atomic mass is 9.82. The molecule has 2 N–H and O–H groups in total. The van der Waals surface area contributed by atoms with Crippen molar-refractivity contribution < 1.29 is 23.8 Å². The Kier molecular flexibility index (Phi) is 16.7. The summed E-state index contributed by atoms with van der Waals surface area (Å²) >= 11 is 0. The summed E-state index contributed by atoms with van der Waals surface area (Å²) in [6, 6.07) is 0. The third kappa shape index (κ3) is 21.3. The van der Waals surface area contributed by atoms with Crippen molar-refractivity contribution in [3.63, 3.8) is 0 Å². The predicted octanol–water partition coefficient (Wildman–Crippen LogP) is 6.95. The molecule has 0 amide bonds. The van der Waals surface area contributed by atoms with E-state index in [2.05, 4.69) is 27.7 Å². The summed E-state index contributed by atoms with van der Waals surface area (Å²) in [5.41, 5.74) is 0.708. The minimum Gasteiger partial charge on any atom is -0.396 e. The van der Waals surface area contributed by atoms with Crippen LogP contribution in [-0.2, 0) is 13.8 Å². The molecule has 0 rings (SSSR count). The normalized spacial score (nSPS) is 14.8. The Balaban J connectivity index is 3.55. The fourth-order valence-electron chi connectivity index (χ4n) is 3.80. The third-order valence-corrected chi connectivity index (χ3v) is 6.54. The van der Waals surface area contributed by atoms with Crippen LogP contribution in [0.15, 0.2) is 0 Å². The van der Waals surface area contributed by atoms with Gasteiger partial charge in [0.05, 0.1) is 6.61 Å². The van der Waals surface area contributed by atoms with Gasteiger partial charge in [-0.3, -0.25) is 4.57 Å². The molecule has 0 radical (unpaired) electrons. The van der Waals surface area contributed by atoms with Crippen LogP contribution in [0.2, 0.25) is 0 Å². The summed E-state index contributed by atoms with van der Waals surface area (Å²) in [6.45, 7) is 13.0. The minimum absolute atomic E-state index is 0.303. The summed E-state index contributed by atoms with van der Waals surface area (Å²) < 4.78 is 21.8. The molecule has 30 heavy (non-hydrogen) atoms. The summed E-state index contributed by atoms with van der Waals surface area (Å²) in [6.07, 6.45) is 14.6. The highest BCUT2D eigenvalue weighted by Gasteiger charge is 2.18. The standard InChI is InChI=1S/C24H51O5P/c1-23(2,15-7-6-11-19-25)16-8-12-20-28-21-13-9-17-24(3,4)18-10-14-22-29-30(5,26)27/h25H,6-22H2,1-5H3,(H,26,27). The molecule has 1 unspecified atom stereocenters. The van der Waals surface area contributed by atoms with Gasteiger partial charge in [0.25, 0.3) is 0 Å². The predicted molar refractivity (Wildman–Crippen MR) is 127 cm³/mol. The van der Waals surface area contributed by atoms with E-state index in [-0.39, 0.29) is 0 Å². The lowest BCUT2D eigenvalue weighted by Gasteiger charge is -2.25. The van der Waals surface area contributed by atoms with Crippen molar-refractivity contribution in [1.82, 2.24) is 0 Å². The number of ether oxygens (including phenoxy) is 1. The van der Waals surface area contributed by atoms with Crippen molar-refractivity contribution in [3.05, 3.63) is 0 Å². The average molecular weight is 451 g/mol. The zero-order valence-electron chi connectivity index (χ0n) is 20.6. The summed E-state index contributed by atoms with van der Waals surface area (Å²) in [5, 5.41) is 8.85. The molecule has 0 heterocycles. The summed E-state index contributed by atoms with van der Waals surface area (Å²) in [7, 11) is -3.32. The maximum absolute atomic E-state index is 11.1. The highest BCUT2D eigenvalue weighted by molar-refractivity contribution is 7.51. The molecule has 0 fully saturated rings. The van der Waals surface area contributed by atoms with Gasteiger partial charge in [-0.1, -0.05) is 59.8 Å². The molecular formula is C24H51O5P. The maximum atomic E-state index is 11.1. The number of aliphatic hydroxyl groups is 1. The van der Waals surface area contributed by atoms with Crippen molar-refractivity contribution in [2.75, 3.05) is 33.1 Å². The molecule has 0 bridgehead atoms. The average Bonchev–Trinajstić information content (AvgIpc) is 2.62. The second-order valence-electron chi connectivity index (χ2n) is 10.5. The molecule has 0 spiro atoms. The molecule has 0 aliphatic heterocycles. The second-order valence-corrected chi connectivity index (χ2v) is 12.3. The zero-order chi connectivity index (χ0) is 22.9. The second kappa shape index (κ2) is 16.7. The molecule has 6 heteroatoms. The quantitative estimate of drug-likeness (QED) is 0.146. The Bertz CT molecular complexity index is 445. The molecule has 0 saturated carbocycles. The molecule has 0 aromatic carbocycles. The van der Waals surface area contributed by atoms with Gasteiger partial charge in [0, 0.05) is 26.5 Å². The minimum atomic E-state index is -3.32. The van der Waals surface area contributed by atoms with Crippen LogP contribution < -0.4 is 0 Å². The summed E-state index contributed by atoms with van der Waals surface area (Å²) in [5.74, 6) is 0. The fourth-order valence-corrected chi connectivity index (χ4v) is 4.27. The Morgan fingerprint density at radius 3 is 1.47 bits per heavy atom. The first-order valence-corrected chi connectivity index (χ1v) is 14.1. The van der Waals surface area contributed by atoms with Gasteiger partial charge in [0.2, 0.25) is 0 Å². The van der Waals surface area contributed by atoms with Crippen LogP contribution in [-0.4, -0.2) is 43.1 Å². The Morgan fingerprint density at radius 2 is 1.07 bits per heavy atom. The van der Waals surface area contributed by atoms with E-state index < -0.39 is 7.60 Å². The van der Waals surface area contributed by atoms with Crippen LogP contribution in [0.3, 0.4) is 0 Å². The maximum Gasteiger partial charge on any atom is 0.325 e. The lowest BCUT2D eigenvalue weighted by Crippen LogP contribution is -2.12. The van der Waals surface area contributed by atoms with Crippen molar-refractivity contribution in [1.29, 1.82) is 0 Å². The molecule has 182 valence electrons. The number of hydrogen-bond acceptors (Lipinski definition) is 4. The van der Waals surface area contributed by atoms with Gasteiger partial charge in [-0.15, -0.1) is 0 Å². The molecule has 5 nitrogen and oxygen atoms in total. The summed E-state index contributed by atoms with van der Waals surface area (Å²) in [4.78, 5) is 9.11. The number of rotatable bonds is 21. The van der Waals surface area contributed by atoms with E-state index in [1.807, 2.05) is 0 Å².